The first kappa shape index (κ1) is 18.2. The van der Waals surface area contributed by atoms with Gasteiger partial charge in [0, 0.05) is 35.3 Å². The molecule has 1 fully saturated rings. The van der Waals surface area contributed by atoms with Gasteiger partial charge in [-0.2, -0.15) is 0 Å². The van der Waals surface area contributed by atoms with Crippen LogP contribution in [0.15, 0.2) is 42.6 Å². The van der Waals surface area contributed by atoms with Crippen LogP contribution in [0.1, 0.15) is 36.0 Å². The van der Waals surface area contributed by atoms with Crippen molar-refractivity contribution >= 4 is 20.7 Å². The van der Waals surface area contributed by atoms with Crippen molar-refractivity contribution in [3.8, 4) is 0 Å². The lowest BCUT2D eigenvalue weighted by molar-refractivity contribution is 0.547. The molecule has 1 saturated carbocycles. The predicted octanol–water partition coefficient (Wildman–Crippen LogP) is 4.78. The lowest BCUT2D eigenvalue weighted by atomic mass is 9.85. The van der Waals surface area contributed by atoms with E-state index in [1.807, 2.05) is 18.3 Å². The first-order valence-corrected chi connectivity index (χ1v) is 11.0. The van der Waals surface area contributed by atoms with Gasteiger partial charge >= 0.3 is 0 Å². The third kappa shape index (κ3) is 3.50. The highest BCUT2D eigenvalue weighted by Crippen LogP contribution is 2.52. The zero-order valence-corrected chi connectivity index (χ0v) is 16.0. The molecule has 1 aliphatic rings. The van der Waals surface area contributed by atoms with Gasteiger partial charge in [-0.1, -0.05) is 31.2 Å². The lowest BCUT2D eigenvalue weighted by Crippen LogP contribution is -2.07. The molecule has 3 atom stereocenters. The summed E-state index contributed by atoms with van der Waals surface area (Å²) in [7, 11) is -3.18. The molecule has 0 bridgehead atoms. The van der Waals surface area contributed by atoms with Gasteiger partial charge in [0.05, 0.1) is 5.75 Å². The molecule has 0 amide bonds. The lowest BCUT2D eigenvalue weighted by Gasteiger charge is -2.18. The molecule has 0 saturated heterocycles. The Bertz CT molecular complexity index is 1120. The van der Waals surface area contributed by atoms with Gasteiger partial charge in [0.2, 0.25) is 0 Å². The molecule has 1 N–H and O–H groups in total. The third-order valence-electron chi connectivity index (χ3n) is 5.48. The second-order valence-corrected chi connectivity index (χ2v) is 9.81. The Morgan fingerprint density at radius 1 is 1.19 bits per heavy atom. The van der Waals surface area contributed by atoms with Crippen LogP contribution in [0.4, 0.5) is 8.78 Å². The van der Waals surface area contributed by atoms with Crippen molar-refractivity contribution in [2.24, 2.45) is 11.8 Å². The molecule has 27 heavy (non-hydrogen) atoms. The smallest absolute Gasteiger partial charge is 0.151 e. The topological polar surface area (TPSA) is 49.9 Å². The summed E-state index contributed by atoms with van der Waals surface area (Å²) in [6.07, 6.45) is 4.03. The Morgan fingerprint density at radius 3 is 2.56 bits per heavy atom. The van der Waals surface area contributed by atoms with E-state index >= 15 is 0 Å². The maximum Gasteiger partial charge on any atom is 0.151 e. The van der Waals surface area contributed by atoms with Gasteiger partial charge in [0.25, 0.3) is 0 Å². The molecule has 3 unspecified atom stereocenters. The van der Waals surface area contributed by atoms with Crippen molar-refractivity contribution in [1.29, 1.82) is 0 Å². The Labute approximate surface area is 157 Å². The monoisotopic (exact) mass is 389 g/mol. The van der Waals surface area contributed by atoms with Crippen LogP contribution in [0.5, 0.6) is 0 Å². The van der Waals surface area contributed by atoms with Gasteiger partial charge in [0.1, 0.15) is 11.6 Å². The minimum absolute atomic E-state index is 0.0559. The molecule has 1 aromatic heterocycles. The van der Waals surface area contributed by atoms with E-state index in [9.17, 15) is 17.2 Å². The molecule has 0 aliphatic heterocycles. The second kappa shape index (κ2) is 6.44. The summed E-state index contributed by atoms with van der Waals surface area (Å²) in [6, 6.07) is 9.29. The molecular formula is C21H21F2NO2S. The summed E-state index contributed by atoms with van der Waals surface area (Å²) in [5.74, 6) is -0.636. The van der Waals surface area contributed by atoms with Crippen LogP contribution in [0.2, 0.25) is 0 Å². The van der Waals surface area contributed by atoms with Crippen LogP contribution in [0.25, 0.3) is 10.9 Å². The number of aromatic amines is 1. The summed E-state index contributed by atoms with van der Waals surface area (Å²) in [4.78, 5) is 3.20. The molecule has 142 valence electrons. The highest BCUT2D eigenvalue weighted by Gasteiger charge is 2.42. The van der Waals surface area contributed by atoms with Gasteiger partial charge in [0.15, 0.2) is 9.84 Å². The number of H-pyrrole nitrogens is 1. The van der Waals surface area contributed by atoms with Crippen LogP contribution >= 0.6 is 0 Å². The summed E-state index contributed by atoms with van der Waals surface area (Å²) in [5, 5.41) is 0.893. The quantitative estimate of drug-likeness (QED) is 0.683. The standard InChI is InChI=1S/C21H21F2NO2S/c1-12-8-17(12)20(16-7-6-14(22)9-19(16)23)18-10-24-21-13(11-27(2,25)26)4-3-5-15(18)21/h3-7,9-10,12,17,20,24H,8,11H2,1-2H3. The number of sulfone groups is 1. The van der Waals surface area contributed by atoms with E-state index in [0.29, 0.717) is 17.0 Å². The minimum Gasteiger partial charge on any atom is -0.361 e. The van der Waals surface area contributed by atoms with Gasteiger partial charge in [-0.25, -0.2) is 17.2 Å². The van der Waals surface area contributed by atoms with E-state index in [-0.39, 0.29) is 17.6 Å². The van der Waals surface area contributed by atoms with Gasteiger partial charge < -0.3 is 4.98 Å². The zero-order valence-electron chi connectivity index (χ0n) is 15.2. The van der Waals surface area contributed by atoms with Crippen LogP contribution in [-0.4, -0.2) is 19.7 Å². The maximum atomic E-state index is 14.6. The van der Waals surface area contributed by atoms with Crippen molar-refractivity contribution in [3.05, 3.63) is 70.9 Å². The van der Waals surface area contributed by atoms with E-state index in [2.05, 4.69) is 11.9 Å². The van der Waals surface area contributed by atoms with Crippen molar-refractivity contribution in [3.63, 3.8) is 0 Å². The van der Waals surface area contributed by atoms with Crippen LogP contribution in [0.3, 0.4) is 0 Å². The average Bonchev–Trinajstić information content (AvgIpc) is 3.12. The number of benzene rings is 2. The zero-order chi connectivity index (χ0) is 19.3. The second-order valence-electron chi connectivity index (χ2n) is 7.67. The number of para-hydroxylation sites is 1. The number of nitrogens with one attached hydrogen (secondary N) is 1. The number of halogens is 2. The first-order chi connectivity index (χ1) is 12.7. The molecule has 0 spiro atoms. The number of fused-ring (bicyclic) bond motifs is 1. The summed E-state index contributed by atoms with van der Waals surface area (Å²) < 4.78 is 51.5. The summed E-state index contributed by atoms with van der Waals surface area (Å²) >= 11 is 0. The summed E-state index contributed by atoms with van der Waals surface area (Å²) in [5.41, 5.74) is 2.88. The fraction of sp³-hybridized carbons (Fsp3) is 0.333. The minimum atomic E-state index is -3.18. The Morgan fingerprint density at radius 2 is 1.93 bits per heavy atom. The van der Waals surface area contributed by atoms with Crippen molar-refractivity contribution in [1.82, 2.24) is 4.98 Å². The molecule has 6 heteroatoms. The highest BCUT2D eigenvalue weighted by molar-refractivity contribution is 7.89. The average molecular weight is 389 g/mol. The van der Waals surface area contributed by atoms with Gasteiger partial charge in [-0.05, 0) is 41.0 Å². The Balaban J connectivity index is 1.86. The van der Waals surface area contributed by atoms with E-state index in [1.165, 1.54) is 18.4 Å². The molecule has 1 aliphatic carbocycles. The first-order valence-electron chi connectivity index (χ1n) is 8.96. The van der Waals surface area contributed by atoms with E-state index in [1.54, 1.807) is 6.07 Å². The number of hydrogen-bond acceptors (Lipinski definition) is 2. The number of hydrogen-bond donors (Lipinski definition) is 1. The van der Waals surface area contributed by atoms with Gasteiger partial charge in [-0.3, -0.25) is 0 Å². The molecule has 1 heterocycles. The Hall–Kier alpha value is -2.21. The fourth-order valence-electron chi connectivity index (χ4n) is 4.10. The number of aromatic nitrogens is 1. The molecule has 3 nitrogen and oxygen atoms in total. The highest BCUT2D eigenvalue weighted by atomic mass is 32.2. The maximum absolute atomic E-state index is 14.6. The van der Waals surface area contributed by atoms with E-state index in [4.69, 9.17) is 0 Å². The fourth-order valence-corrected chi connectivity index (χ4v) is 4.90. The third-order valence-corrected chi connectivity index (χ3v) is 6.32. The van der Waals surface area contributed by atoms with Crippen LogP contribution in [-0.2, 0) is 15.6 Å². The van der Waals surface area contributed by atoms with Crippen molar-refractivity contribution in [2.45, 2.75) is 25.0 Å². The van der Waals surface area contributed by atoms with Crippen LogP contribution in [0, 0.1) is 23.5 Å². The predicted molar refractivity (Wildman–Crippen MR) is 102 cm³/mol. The molecule has 3 aromatic rings. The normalized spacial score (nSPS) is 20.7. The van der Waals surface area contributed by atoms with Gasteiger partial charge in [-0.15, -0.1) is 0 Å². The van der Waals surface area contributed by atoms with Crippen molar-refractivity contribution < 1.29 is 17.2 Å². The van der Waals surface area contributed by atoms with Crippen molar-refractivity contribution in [2.75, 3.05) is 6.26 Å². The molecule has 4 rings (SSSR count). The number of rotatable bonds is 5. The Kier molecular flexibility index (Phi) is 4.34. The SMILES string of the molecule is CC1CC1C(c1ccc(F)cc1F)c1c[nH]c2c(CS(C)(=O)=O)cccc12. The van der Waals surface area contributed by atoms with E-state index in [0.717, 1.165) is 29.0 Å². The summed E-state index contributed by atoms with van der Waals surface area (Å²) in [6.45, 7) is 2.13. The van der Waals surface area contributed by atoms with Crippen LogP contribution < -0.4 is 0 Å². The molecule has 0 radical (unpaired) electrons. The van der Waals surface area contributed by atoms with E-state index < -0.39 is 21.5 Å². The largest absolute Gasteiger partial charge is 0.361 e. The molecule has 2 aromatic carbocycles. The molecular weight excluding hydrogens is 368 g/mol.